The Bertz CT molecular complexity index is 975. The van der Waals surface area contributed by atoms with Crippen LogP contribution in [0.5, 0.6) is 5.75 Å². The SMILES string of the molecule is Cc1n[nH]c(C)c1C1CCCN1C(=O)c1cc(Cc2ccccc2)ccc1O. The molecule has 0 bridgehead atoms. The van der Waals surface area contributed by atoms with Gasteiger partial charge in [0.2, 0.25) is 0 Å². The van der Waals surface area contributed by atoms with Gasteiger partial charge < -0.3 is 10.0 Å². The molecule has 1 aromatic heterocycles. The van der Waals surface area contributed by atoms with Crippen LogP contribution >= 0.6 is 0 Å². The number of hydrogen-bond donors (Lipinski definition) is 2. The lowest BCUT2D eigenvalue weighted by atomic mass is 10.00. The Morgan fingerprint density at radius 1 is 1.18 bits per heavy atom. The minimum absolute atomic E-state index is 0.00318. The van der Waals surface area contributed by atoms with Crippen molar-refractivity contribution in [2.45, 2.75) is 39.2 Å². The number of phenolic OH excluding ortho intramolecular Hbond substituents is 1. The zero-order valence-electron chi connectivity index (χ0n) is 16.3. The average molecular weight is 375 g/mol. The number of carbonyl (C=O) groups is 1. The Balaban J connectivity index is 1.63. The molecule has 2 aromatic carbocycles. The van der Waals surface area contributed by atoms with E-state index in [9.17, 15) is 9.90 Å². The number of amides is 1. The van der Waals surface area contributed by atoms with Crippen molar-refractivity contribution in [1.82, 2.24) is 15.1 Å². The van der Waals surface area contributed by atoms with E-state index in [1.54, 1.807) is 6.07 Å². The second-order valence-electron chi connectivity index (χ2n) is 7.52. The molecule has 1 aliphatic heterocycles. The topological polar surface area (TPSA) is 69.2 Å². The average Bonchev–Trinajstić information content (AvgIpc) is 3.29. The number of hydrogen-bond acceptors (Lipinski definition) is 3. The lowest BCUT2D eigenvalue weighted by molar-refractivity contribution is 0.0732. The Hall–Kier alpha value is -3.08. The van der Waals surface area contributed by atoms with Gasteiger partial charge in [0.25, 0.3) is 5.91 Å². The summed E-state index contributed by atoms with van der Waals surface area (Å²) in [4.78, 5) is 15.2. The van der Waals surface area contributed by atoms with Gasteiger partial charge in [0.15, 0.2) is 0 Å². The van der Waals surface area contributed by atoms with Crippen LogP contribution < -0.4 is 0 Å². The summed E-state index contributed by atoms with van der Waals surface area (Å²) in [6.45, 7) is 4.65. The number of rotatable bonds is 4. The van der Waals surface area contributed by atoms with Crippen molar-refractivity contribution in [1.29, 1.82) is 0 Å². The molecule has 3 aromatic rings. The zero-order chi connectivity index (χ0) is 19.7. The molecular formula is C23H25N3O2. The van der Waals surface area contributed by atoms with Gasteiger partial charge in [0.1, 0.15) is 5.75 Å². The third-order valence-corrected chi connectivity index (χ3v) is 5.57. The molecular weight excluding hydrogens is 350 g/mol. The van der Waals surface area contributed by atoms with Crippen molar-refractivity contribution in [3.8, 4) is 5.75 Å². The number of aromatic nitrogens is 2. The summed E-state index contributed by atoms with van der Waals surface area (Å²) in [6, 6.07) is 15.5. The van der Waals surface area contributed by atoms with Crippen molar-refractivity contribution >= 4 is 5.91 Å². The number of likely N-dealkylation sites (tertiary alicyclic amines) is 1. The molecule has 1 unspecified atom stereocenters. The van der Waals surface area contributed by atoms with E-state index in [2.05, 4.69) is 22.3 Å². The number of aromatic hydroxyl groups is 1. The van der Waals surface area contributed by atoms with E-state index in [0.717, 1.165) is 41.8 Å². The molecule has 1 atom stereocenters. The van der Waals surface area contributed by atoms with Crippen molar-refractivity contribution in [3.05, 3.63) is 82.2 Å². The third kappa shape index (κ3) is 3.40. The summed E-state index contributed by atoms with van der Waals surface area (Å²) in [5.41, 5.74) is 5.60. The van der Waals surface area contributed by atoms with Crippen LogP contribution in [0.3, 0.4) is 0 Å². The Labute approximate surface area is 165 Å². The maximum absolute atomic E-state index is 13.3. The van der Waals surface area contributed by atoms with Gasteiger partial charge >= 0.3 is 0 Å². The molecule has 5 heteroatoms. The van der Waals surface area contributed by atoms with Crippen LogP contribution in [0.25, 0.3) is 0 Å². The Kier molecular flexibility index (Phi) is 4.90. The van der Waals surface area contributed by atoms with Crippen molar-refractivity contribution in [3.63, 3.8) is 0 Å². The fourth-order valence-corrected chi connectivity index (χ4v) is 4.21. The zero-order valence-corrected chi connectivity index (χ0v) is 16.3. The summed E-state index contributed by atoms with van der Waals surface area (Å²) >= 11 is 0. The van der Waals surface area contributed by atoms with Crippen molar-refractivity contribution in [2.24, 2.45) is 0 Å². The first-order valence-electron chi connectivity index (χ1n) is 9.73. The first-order valence-corrected chi connectivity index (χ1v) is 9.73. The molecule has 1 fully saturated rings. The molecule has 0 radical (unpaired) electrons. The quantitative estimate of drug-likeness (QED) is 0.714. The monoisotopic (exact) mass is 375 g/mol. The van der Waals surface area contributed by atoms with Crippen LogP contribution in [-0.4, -0.2) is 32.7 Å². The largest absolute Gasteiger partial charge is 0.507 e. The molecule has 2 heterocycles. The molecule has 5 nitrogen and oxygen atoms in total. The van der Waals surface area contributed by atoms with E-state index in [1.807, 2.05) is 49.1 Å². The summed E-state index contributed by atoms with van der Waals surface area (Å²) in [6.07, 6.45) is 2.59. The van der Waals surface area contributed by atoms with Crippen LogP contribution in [0, 0.1) is 13.8 Å². The van der Waals surface area contributed by atoms with Crippen LogP contribution in [-0.2, 0) is 6.42 Å². The summed E-state index contributed by atoms with van der Waals surface area (Å²) < 4.78 is 0. The Morgan fingerprint density at radius 2 is 1.96 bits per heavy atom. The summed E-state index contributed by atoms with van der Waals surface area (Å²) in [5, 5.41) is 17.7. The van der Waals surface area contributed by atoms with Gasteiger partial charge in [-0.25, -0.2) is 0 Å². The van der Waals surface area contributed by atoms with Gasteiger partial charge in [-0.05, 0) is 56.4 Å². The second-order valence-corrected chi connectivity index (χ2v) is 7.52. The van der Waals surface area contributed by atoms with Gasteiger partial charge in [0.05, 0.1) is 17.3 Å². The molecule has 144 valence electrons. The summed E-state index contributed by atoms with van der Waals surface area (Å²) in [7, 11) is 0. The van der Waals surface area contributed by atoms with Gasteiger partial charge in [-0.15, -0.1) is 0 Å². The highest BCUT2D eigenvalue weighted by molar-refractivity contribution is 5.97. The molecule has 0 saturated carbocycles. The van der Waals surface area contributed by atoms with Crippen LogP contribution in [0.1, 0.15) is 57.3 Å². The molecule has 28 heavy (non-hydrogen) atoms. The van der Waals surface area contributed by atoms with Gasteiger partial charge in [-0.1, -0.05) is 36.4 Å². The third-order valence-electron chi connectivity index (χ3n) is 5.57. The molecule has 0 spiro atoms. The summed E-state index contributed by atoms with van der Waals surface area (Å²) in [5.74, 6) is -0.0805. The van der Waals surface area contributed by atoms with E-state index in [0.29, 0.717) is 12.1 Å². The molecule has 1 aliphatic rings. The van der Waals surface area contributed by atoms with E-state index in [1.165, 1.54) is 5.56 Å². The van der Waals surface area contributed by atoms with Gasteiger partial charge in [-0.2, -0.15) is 5.10 Å². The van der Waals surface area contributed by atoms with Crippen molar-refractivity contribution < 1.29 is 9.90 Å². The molecule has 1 saturated heterocycles. The molecule has 2 N–H and O–H groups in total. The first kappa shape index (κ1) is 18.3. The number of nitrogens with zero attached hydrogens (tertiary/aromatic N) is 2. The standard InChI is InChI=1S/C23H25N3O2/c1-15-22(16(2)25-24-15)20-9-6-12-26(20)23(28)19-14-18(10-11-21(19)27)13-17-7-4-3-5-8-17/h3-5,7-8,10-11,14,20,27H,6,9,12-13H2,1-2H3,(H,24,25). The first-order chi connectivity index (χ1) is 13.5. The number of phenols is 1. The van der Waals surface area contributed by atoms with E-state index in [4.69, 9.17) is 0 Å². The maximum atomic E-state index is 13.3. The molecule has 1 amide bonds. The number of benzene rings is 2. The lowest BCUT2D eigenvalue weighted by Crippen LogP contribution is -2.31. The fraction of sp³-hybridized carbons (Fsp3) is 0.304. The van der Waals surface area contributed by atoms with Crippen LogP contribution in [0.2, 0.25) is 0 Å². The maximum Gasteiger partial charge on any atom is 0.258 e. The van der Waals surface area contributed by atoms with Crippen molar-refractivity contribution in [2.75, 3.05) is 6.54 Å². The number of nitrogens with one attached hydrogen (secondary N) is 1. The number of aryl methyl sites for hydroxylation is 2. The van der Waals surface area contributed by atoms with E-state index < -0.39 is 0 Å². The minimum atomic E-state index is -0.116. The second kappa shape index (κ2) is 7.50. The van der Waals surface area contributed by atoms with Crippen LogP contribution in [0.4, 0.5) is 0 Å². The fourth-order valence-electron chi connectivity index (χ4n) is 4.21. The minimum Gasteiger partial charge on any atom is -0.507 e. The van der Waals surface area contributed by atoms with E-state index in [-0.39, 0.29) is 17.7 Å². The highest BCUT2D eigenvalue weighted by Gasteiger charge is 2.34. The molecule has 0 aliphatic carbocycles. The van der Waals surface area contributed by atoms with Gasteiger partial charge in [-0.3, -0.25) is 9.89 Å². The van der Waals surface area contributed by atoms with Crippen LogP contribution in [0.15, 0.2) is 48.5 Å². The smallest absolute Gasteiger partial charge is 0.258 e. The molecule has 4 rings (SSSR count). The number of aromatic amines is 1. The highest BCUT2D eigenvalue weighted by atomic mass is 16.3. The number of H-pyrrole nitrogens is 1. The normalized spacial score (nSPS) is 16.5. The Morgan fingerprint density at radius 3 is 2.68 bits per heavy atom. The van der Waals surface area contributed by atoms with Gasteiger partial charge in [0, 0.05) is 17.8 Å². The highest BCUT2D eigenvalue weighted by Crippen LogP contribution is 2.37. The predicted octanol–water partition coefficient (Wildman–Crippen LogP) is 4.30. The predicted molar refractivity (Wildman–Crippen MR) is 108 cm³/mol. The number of carbonyl (C=O) groups excluding carboxylic acids is 1. The van der Waals surface area contributed by atoms with E-state index >= 15 is 0 Å². The lowest BCUT2D eigenvalue weighted by Gasteiger charge is -2.26.